The van der Waals surface area contributed by atoms with Gasteiger partial charge in [0.05, 0.1) is 12.7 Å². The van der Waals surface area contributed by atoms with Crippen LogP contribution in [-0.2, 0) is 22.7 Å². The van der Waals surface area contributed by atoms with Crippen LogP contribution in [0.4, 0.5) is 0 Å². The van der Waals surface area contributed by atoms with Gasteiger partial charge in [-0.1, -0.05) is 30.7 Å². The summed E-state index contributed by atoms with van der Waals surface area (Å²) in [5.74, 6) is 2.60. The van der Waals surface area contributed by atoms with Crippen LogP contribution in [0.25, 0.3) is 0 Å². The third-order valence-electron chi connectivity index (χ3n) is 5.43. The number of ether oxygens (including phenoxy) is 1. The highest BCUT2D eigenvalue weighted by Crippen LogP contribution is 2.49. The van der Waals surface area contributed by atoms with Crippen molar-refractivity contribution in [1.82, 2.24) is 5.32 Å². The van der Waals surface area contributed by atoms with E-state index in [2.05, 4.69) is 29.6 Å². The molecule has 2 aliphatic carbocycles. The molecule has 2 bridgehead atoms. The van der Waals surface area contributed by atoms with Crippen LogP contribution >= 0.6 is 0 Å². The summed E-state index contributed by atoms with van der Waals surface area (Å²) < 4.78 is 5.59. The molecule has 0 aliphatic heterocycles. The van der Waals surface area contributed by atoms with Crippen LogP contribution in [0.15, 0.2) is 24.3 Å². The second kappa shape index (κ2) is 7.48. The minimum absolute atomic E-state index is 0.217. The Bertz CT molecular complexity index is 523. The molecule has 1 amide bonds. The van der Waals surface area contributed by atoms with E-state index < -0.39 is 0 Å². The first-order valence-corrected chi connectivity index (χ1v) is 9.06. The predicted octanol–water partition coefficient (Wildman–Crippen LogP) is 4.05. The Morgan fingerprint density at radius 2 is 1.91 bits per heavy atom. The number of hydrogen-bond donors (Lipinski definition) is 1. The summed E-state index contributed by atoms with van der Waals surface area (Å²) in [6.07, 6.45) is 6.37. The molecule has 2 aliphatic rings. The monoisotopic (exact) mass is 315 g/mol. The molecule has 1 aromatic rings. The van der Waals surface area contributed by atoms with E-state index in [1.807, 2.05) is 13.8 Å². The molecule has 3 rings (SSSR count). The van der Waals surface area contributed by atoms with Gasteiger partial charge in [0.1, 0.15) is 0 Å². The van der Waals surface area contributed by atoms with E-state index in [-0.39, 0.29) is 12.0 Å². The van der Waals surface area contributed by atoms with Gasteiger partial charge in [-0.2, -0.15) is 0 Å². The maximum Gasteiger partial charge on any atom is 0.220 e. The molecule has 0 aromatic heterocycles. The smallest absolute Gasteiger partial charge is 0.220 e. The van der Waals surface area contributed by atoms with E-state index in [0.717, 1.165) is 23.8 Å². The molecule has 23 heavy (non-hydrogen) atoms. The molecule has 0 spiro atoms. The normalized spacial score (nSPS) is 26.0. The van der Waals surface area contributed by atoms with Crippen molar-refractivity contribution >= 4 is 5.91 Å². The van der Waals surface area contributed by atoms with E-state index >= 15 is 0 Å². The molecule has 0 saturated heterocycles. The van der Waals surface area contributed by atoms with Gasteiger partial charge in [0.2, 0.25) is 5.91 Å². The second-order valence-electron chi connectivity index (χ2n) is 7.59. The lowest BCUT2D eigenvalue weighted by Gasteiger charge is -2.20. The lowest BCUT2D eigenvalue weighted by Crippen LogP contribution is -2.26. The molecule has 3 nitrogen and oxygen atoms in total. The Labute approximate surface area is 139 Å². The van der Waals surface area contributed by atoms with Crippen molar-refractivity contribution in [3.05, 3.63) is 35.4 Å². The van der Waals surface area contributed by atoms with E-state index in [1.54, 1.807) is 0 Å². The summed E-state index contributed by atoms with van der Waals surface area (Å²) in [6, 6.07) is 8.33. The largest absolute Gasteiger partial charge is 0.374 e. The van der Waals surface area contributed by atoms with Gasteiger partial charge in [-0.3, -0.25) is 4.79 Å². The van der Waals surface area contributed by atoms with Crippen LogP contribution in [0.2, 0.25) is 0 Å². The van der Waals surface area contributed by atoms with Crippen molar-refractivity contribution in [2.75, 3.05) is 0 Å². The maximum atomic E-state index is 12.2. The van der Waals surface area contributed by atoms with Crippen molar-refractivity contribution in [1.29, 1.82) is 0 Å². The summed E-state index contributed by atoms with van der Waals surface area (Å²) in [4.78, 5) is 12.2. The lowest BCUT2D eigenvalue weighted by atomic mass is 9.86. The quantitative estimate of drug-likeness (QED) is 0.824. The fourth-order valence-electron chi connectivity index (χ4n) is 4.15. The topological polar surface area (TPSA) is 38.3 Å². The Kier molecular flexibility index (Phi) is 5.37. The number of hydrogen-bond acceptors (Lipinski definition) is 2. The molecule has 2 fully saturated rings. The fraction of sp³-hybridized carbons (Fsp3) is 0.650. The molecule has 3 heteroatoms. The second-order valence-corrected chi connectivity index (χ2v) is 7.59. The van der Waals surface area contributed by atoms with Gasteiger partial charge in [-0.15, -0.1) is 0 Å². The molecule has 1 N–H and O–H groups in total. The third-order valence-corrected chi connectivity index (χ3v) is 5.43. The highest BCUT2D eigenvalue weighted by atomic mass is 16.5. The molecule has 1 aromatic carbocycles. The molecule has 0 radical (unpaired) electrons. The zero-order valence-electron chi connectivity index (χ0n) is 14.4. The molecule has 126 valence electrons. The summed E-state index contributed by atoms with van der Waals surface area (Å²) in [5.41, 5.74) is 2.33. The van der Waals surface area contributed by atoms with Gasteiger partial charge in [0, 0.05) is 13.0 Å². The molecule has 2 saturated carbocycles. The number of amides is 1. The van der Waals surface area contributed by atoms with Crippen molar-refractivity contribution in [3.63, 3.8) is 0 Å². The molecule has 0 heterocycles. The van der Waals surface area contributed by atoms with Crippen LogP contribution in [-0.4, -0.2) is 12.0 Å². The van der Waals surface area contributed by atoms with E-state index in [0.29, 0.717) is 19.1 Å². The number of carbonyl (C=O) groups is 1. The Balaban J connectivity index is 1.40. The number of rotatable bonds is 7. The van der Waals surface area contributed by atoms with Gasteiger partial charge in [-0.05, 0) is 62.0 Å². The van der Waals surface area contributed by atoms with Crippen molar-refractivity contribution < 1.29 is 9.53 Å². The third kappa shape index (κ3) is 4.57. The first kappa shape index (κ1) is 16.5. The van der Waals surface area contributed by atoms with Crippen LogP contribution in [0.1, 0.15) is 57.1 Å². The summed E-state index contributed by atoms with van der Waals surface area (Å²) in [6.45, 7) is 5.36. The van der Waals surface area contributed by atoms with Gasteiger partial charge in [-0.25, -0.2) is 0 Å². The van der Waals surface area contributed by atoms with Gasteiger partial charge in [0.25, 0.3) is 0 Å². The van der Waals surface area contributed by atoms with Crippen molar-refractivity contribution in [2.24, 2.45) is 17.8 Å². The van der Waals surface area contributed by atoms with Gasteiger partial charge >= 0.3 is 0 Å². The van der Waals surface area contributed by atoms with E-state index in [4.69, 9.17) is 4.74 Å². The first-order chi connectivity index (χ1) is 11.1. The van der Waals surface area contributed by atoms with E-state index in [9.17, 15) is 4.79 Å². The van der Waals surface area contributed by atoms with Crippen LogP contribution in [0.5, 0.6) is 0 Å². The standard InChI is InChI=1S/C20H29NO2/c1-14(2)23-13-16-5-3-15(4-6-16)12-21-20(22)11-19-10-17-7-8-18(19)9-17/h3-6,14,17-19H,7-13H2,1-2H3,(H,21,22). The fourth-order valence-corrected chi connectivity index (χ4v) is 4.15. The molecular formula is C20H29NO2. The lowest BCUT2D eigenvalue weighted by molar-refractivity contribution is -0.122. The van der Waals surface area contributed by atoms with Crippen molar-refractivity contribution in [3.8, 4) is 0 Å². The van der Waals surface area contributed by atoms with Crippen LogP contribution in [0.3, 0.4) is 0 Å². The Morgan fingerprint density at radius 1 is 1.17 bits per heavy atom. The number of carbonyl (C=O) groups excluding carboxylic acids is 1. The average Bonchev–Trinajstić information content (AvgIpc) is 3.14. The highest BCUT2D eigenvalue weighted by Gasteiger charge is 2.39. The average molecular weight is 315 g/mol. The number of fused-ring (bicyclic) bond motifs is 2. The zero-order chi connectivity index (χ0) is 16.2. The molecular weight excluding hydrogens is 286 g/mol. The zero-order valence-corrected chi connectivity index (χ0v) is 14.4. The van der Waals surface area contributed by atoms with Crippen molar-refractivity contribution in [2.45, 2.75) is 65.2 Å². The molecule has 3 atom stereocenters. The minimum atomic E-state index is 0.217. The highest BCUT2D eigenvalue weighted by molar-refractivity contribution is 5.76. The van der Waals surface area contributed by atoms with Crippen LogP contribution in [0, 0.1) is 17.8 Å². The Morgan fingerprint density at radius 3 is 2.52 bits per heavy atom. The van der Waals surface area contributed by atoms with Crippen LogP contribution < -0.4 is 5.32 Å². The first-order valence-electron chi connectivity index (χ1n) is 9.06. The predicted molar refractivity (Wildman–Crippen MR) is 91.8 cm³/mol. The van der Waals surface area contributed by atoms with E-state index in [1.165, 1.54) is 31.2 Å². The number of nitrogens with one attached hydrogen (secondary N) is 1. The number of benzene rings is 1. The van der Waals surface area contributed by atoms with Gasteiger partial charge < -0.3 is 10.1 Å². The molecule has 3 unspecified atom stereocenters. The Hall–Kier alpha value is -1.35. The SMILES string of the molecule is CC(C)OCc1ccc(CNC(=O)CC2CC3CCC2C3)cc1. The summed E-state index contributed by atoms with van der Waals surface area (Å²) in [7, 11) is 0. The maximum absolute atomic E-state index is 12.2. The summed E-state index contributed by atoms with van der Waals surface area (Å²) in [5, 5.41) is 3.08. The van der Waals surface area contributed by atoms with Gasteiger partial charge in [0.15, 0.2) is 0 Å². The summed E-state index contributed by atoms with van der Waals surface area (Å²) >= 11 is 0. The minimum Gasteiger partial charge on any atom is -0.374 e.